The number of esters is 2. The van der Waals surface area contributed by atoms with Gasteiger partial charge in [0.2, 0.25) is 0 Å². The topological polar surface area (TPSA) is 81.7 Å². The van der Waals surface area contributed by atoms with E-state index >= 15 is 0 Å². The molecule has 0 saturated carbocycles. The van der Waals surface area contributed by atoms with Crippen LogP contribution >= 0.6 is 0 Å². The molecular formula is C30H33NO5. The van der Waals surface area contributed by atoms with E-state index in [1.54, 1.807) is 13.8 Å². The monoisotopic (exact) mass is 487 g/mol. The highest BCUT2D eigenvalue weighted by Gasteiger charge is 2.49. The first-order chi connectivity index (χ1) is 17.4. The summed E-state index contributed by atoms with van der Waals surface area (Å²) in [5, 5.41) is 3.34. The van der Waals surface area contributed by atoms with Crippen molar-refractivity contribution in [3.8, 4) is 0 Å². The molecule has 1 N–H and O–H groups in total. The minimum absolute atomic E-state index is 0.184. The molecule has 4 rings (SSSR count). The van der Waals surface area contributed by atoms with Crippen molar-refractivity contribution < 1.29 is 23.9 Å². The number of benzene rings is 2. The standard InChI is InChI=1S/C30H33NO5/c1-5-19-13-15-21(16-14-19)25-24(29(33)35-6-2)18(4)31-23-17-22(20-11-9-8-10-12-20)26(28(32)27(23)25)30(34)36-7-3/h8-16,22,25-26,31H,5-7,17H2,1-4H3. The Morgan fingerprint density at radius 2 is 1.58 bits per heavy atom. The summed E-state index contributed by atoms with van der Waals surface area (Å²) in [6.45, 7) is 7.81. The molecule has 0 aromatic heterocycles. The Morgan fingerprint density at radius 1 is 0.917 bits per heavy atom. The molecule has 1 aliphatic carbocycles. The molecule has 6 nitrogen and oxygen atoms in total. The molecular weight excluding hydrogens is 454 g/mol. The third-order valence-corrected chi connectivity index (χ3v) is 7.00. The molecule has 1 aliphatic heterocycles. The van der Waals surface area contributed by atoms with Crippen molar-refractivity contribution in [3.63, 3.8) is 0 Å². The Morgan fingerprint density at radius 3 is 2.19 bits per heavy atom. The molecule has 2 aliphatic rings. The van der Waals surface area contributed by atoms with Crippen molar-refractivity contribution in [1.82, 2.24) is 5.32 Å². The zero-order valence-corrected chi connectivity index (χ0v) is 21.3. The van der Waals surface area contributed by atoms with E-state index in [2.05, 4.69) is 12.2 Å². The third kappa shape index (κ3) is 4.72. The second-order valence-corrected chi connectivity index (χ2v) is 9.12. The van der Waals surface area contributed by atoms with Crippen LogP contribution in [0, 0.1) is 5.92 Å². The zero-order chi connectivity index (χ0) is 25.8. The minimum atomic E-state index is -0.993. The van der Waals surface area contributed by atoms with E-state index in [9.17, 15) is 14.4 Å². The number of Topliss-reactive ketones (excluding diaryl/α,β-unsaturated/α-hetero) is 1. The highest BCUT2D eigenvalue weighted by molar-refractivity contribution is 6.13. The van der Waals surface area contributed by atoms with Crippen LogP contribution in [0.15, 0.2) is 77.1 Å². The van der Waals surface area contributed by atoms with Crippen LogP contribution in [0.1, 0.15) is 62.6 Å². The van der Waals surface area contributed by atoms with Crippen LogP contribution in [0.4, 0.5) is 0 Å². The van der Waals surface area contributed by atoms with Crippen LogP contribution in [-0.4, -0.2) is 30.9 Å². The van der Waals surface area contributed by atoms with Crippen LogP contribution in [0.25, 0.3) is 0 Å². The van der Waals surface area contributed by atoms with Crippen molar-refractivity contribution in [2.45, 2.75) is 52.4 Å². The Labute approximate surface area is 212 Å². The summed E-state index contributed by atoms with van der Waals surface area (Å²) in [6, 6.07) is 17.5. The molecule has 0 spiro atoms. The Kier molecular flexibility index (Phi) is 7.73. The summed E-state index contributed by atoms with van der Waals surface area (Å²) in [4.78, 5) is 40.6. The minimum Gasteiger partial charge on any atom is -0.465 e. The van der Waals surface area contributed by atoms with Crippen molar-refractivity contribution in [2.75, 3.05) is 13.2 Å². The van der Waals surface area contributed by atoms with Gasteiger partial charge in [0.15, 0.2) is 5.78 Å². The highest BCUT2D eigenvalue weighted by atomic mass is 16.5. The number of allylic oxidation sites excluding steroid dienone is 3. The maximum Gasteiger partial charge on any atom is 0.336 e. The molecule has 0 saturated heterocycles. The summed E-state index contributed by atoms with van der Waals surface area (Å²) in [5.74, 6) is -3.31. The van der Waals surface area contributed by atoms with Gasteiger partial charge in [-0.3, -0.25) is 9.59 Å². The maximum atomic E-state index is 14.2. The zero-order valence-electron chi connectivity index (χ0n) is 21.3. The number of carbonyl (C=O) groups excluding carboxylic acids is 3. The lowest BCUT2D eigenvalue weighted by molar-refractivity contribution is -0.152. The quantitative estimate of drug-likeness (QED) is 0.439. The number of aryl methyl sites for hydroxylation is 1. The molecule has 36 heavy (non-hydrogen) atoms. The van der Waals surface area contributed by atoms with E-state index in [4.69, 9.17) is 9.47 Å². The van der Waals surface area contributed by atoms with Crippen LogP contribution in [0.3, 0.4) is 0 Å². The molecule has 0 radical (unpaired) electrons. The van der Waals surface area contributed by atoms with Gasteiger partial charge in [0.1, 0.15) is 5.92 Å². The van der Waals surface area contributed by atoms with Crippen LogP contribution in [-0.2, 0) is 30.3 Å². The van der Waals surface area contributed by atoms with Crippen LogP contribution in [0.2, 0.25) is 0 Å². The van der Waals surface area contributed by atoms with E-state index < -0.39 is 23.8 Å². The van der Waals surface area contributed by atoms with Gasteiger partial charge in [0.25, 0.3) is 0 Å². The predicted octanol–water partition coefficient (Wildman–Crippen LogP) is 4.96. The number of hydrogen-bond acceptors (Lipinski definition) is 6. The second kappa shape index (κ2) is 10.9. The molecule has 0 fully saturated rings. The number of nitrogens with one attached hydrogen (secondary N) is 1. The van der Waals surface area contributed by atoms with Crippen molar-refractivity contribution in [3.05, 3.63) is 93.8 Å². The van der Waals surface area contributed by atoms with Crippen molar-refractivity contribution in [2.24, 2.45) is 5.92 Å². The number of rotatable bonds is 7. The summed E-state index contributed by atoms with van der Waals surface area (Å²) >= 11 is 0. The maximum absolute atomic E-state index is 14.2. The Hall–Kier alpha value is -3.67. The molecule has 1 heterocycles. The summed E-state index contributed by atoms with van der Waals surface area (Å²) in [5.41, 5.74) is 5.11. The number of dihydropyridines is 1. The molecule has 188 valence electrons. The lowest BCUT2D eigenvalue weighted by Gasteiger charge is -2.39. The lowest BCUT2D eigenvalue weighted by atomic mass is 9.67. The number of ketones is 1. The van der Waals surface area contributed by atoms with Gasteiger partial charge in [0.05, 0.1) is 18.8 Å². The SMILES string of the molecule is CCOC(=O)C1=C(C)NC2=C(C(=O)C(C(=O)OCC)C(c3ccccc3)C2)C1c1ccc(CC)cc1. The van der Waals surface area contributed by atoms with Crippen molar-refractivity contribution in [1.29, 1.82) is 0 Å². The van der Waals surface area contributed by atoms with Crippen molar-refractivity contribution >= 4 is 17.7 Å². The largest absolute Gasteiger partial charge is 0.465 e. The highest BCUT2D eigenvalue weighted by Crippen LogP contribution is 2.48. The number of carbonyl (C=O) groups is 3. The van der Waals surface area contributed by atoms with Gasteiger partial charge in [-0.1, -0.05) is 61.5 Å². The van der Waals surface area contributed by atoms with Gasteiger partial charge >= 0.3 is 11.9 Å². The average molecular weight is 488 g/mol. The predicted molar refractivity (Wildman–Crippen MR) is 137 cm³/mol. The van der Waals surface area contributed by atoms with E-state index in [1.165, 1.54) is 0 Å². The van der Waals surface area contributed by atoms with Gasteiger partial charge in [-0.05, 0) is 50.3 Å². The van der Waals surface area contributed by atoms with Crippen LogP contribution in [0.5, 0.6) is 0 Å². The number of ether oxygens (including phenoxy) is 2. The summed E-state index contributed by atoms with van der Waals surface area (Å²) in [6.07, 6.45) is 1.33. The second-order valence-electron chi connectivity index (χ2n) is 9.12. The molecule has 0 bridgehead atoms. The Bertz CT molecular complexity index is 1210. The fourth-order valence-electron chi connectivity index (χ4n) is 5.31. The summed E-state index contributed by atoms with van der Waals surface area (Å²) in [7, 11) is 0. The normalized spacial score (nSPS) is 21.6. The molecule has 3 atom stereocenters. The Balaban J connectivity index is 1.88. The molecule has 2 aromatic rings. The molecule has 0 amide bonds. The van der Waals surface area contributed by atoms with Crippen LogP contribution < -0.4 is 5.32 Å². The van der Waals surface area contributed by atoms with E-state index in [1.807, 2.05) is 61.5 Å². The fourth-order valence-corrected chi connectivity index (χ4v) is 5.31. The van der Waals surface area contributed by atoms with Gasteiger partial charge in [-0.2, -0.15) is 0 Å². The lowest BCUT2D eigenvalue weighted by Crippen LogP contribution is -2.43. The fraction of sp³-hybridized carbons (Fsp3) is 0.367. The molecule has 3 unspecified atom stereocenters. The molecule has 6 heteroatoms. The first-order valence-corrected chi connectivity index (χ1v) is 12.6. The molecule has 2 aromatic carbocycles. The first kappa shape index (κ1) is 25.4. The van der Waals surface area contributed by atoms with Gasteiger partial charge in [-0.25, -0.2) is 4.79 Å². The summed E-state index contributed by atoms with van der Waals surface area (Å²) < 4.78 is 10.8. The smallest absolute Gasteiger partial charge is 0.336 e. The average Bonchev–Trinajstić information content (AvgIpc) is 2.88. The van der Waals surface area contributed by atoms with E-state index in [0.717, 1.165) is 28.8 Å². The van der Waals surface area contributed by atoms with E-state index in [0.29, 0.717) is 23.3 Å². The van der Waals surface area contributed by atoms with E-state index in [-0.39, 0.29) is 24.9 Å². The first-order valence-electron chi connectivity index (χ1n) is 12.6. The van der Waals surface area contributed by atoms with Gasteiger partial charge < -0.3 is 14.8 Å². The van der Waals surface area contributed by atoms with Gasteiger partial charge in [-0.15, -0.1) is 0 Å². The third-order valence-electron chi connectivity index (χ3n) is 7.00. The number of hydrogen-bond donors (Lipinski definition) is 1. The van der Waals surface area contributed by atoms with Gasteiger partial charge in [0, 0.05) is 28.8 Å².